The van der Waals surface area contributed by atoms with Crippen LogP contribution in [0.5, 0.6) is 0 Å². The number of allylic oxidation sites excluding steroid dienone is 6. The maximum atomic E-state index is 16.0. The van der Waals surface area contributed by atoms with Gasteiger partial charge in [-0.15, -0.1) is 0 Å². The molecule has 0 bridgehead atoms. The fraction of sp³-hybridized carbons (Fsp3) is 0.765. The number of likely N-dealkylation sites (N-methyl/N-ethyl adjacent to an activating group) is 7. The number of aliphatic hydroxyl groups is 2. The third kappa shape index (κ3) is 27.4. The number of ketones is 6. The van der Waals surface area contributed by atoms with Crippen molar-refractivity contribution >= 4 is 100 Å². The molecular formula is C98H156N8O23. The SMILES string of the molecule is C/C=C/C[C@@H](C)[C@@H](OC(=O)OCOC(=O)CCC(=O)NC(C(=O)OCC(=O)[C@@]1(O)CCC2C3CCC4=CC(=O)C=C[C@]4(C)C3[C@@H](O)C[C@@]21C)C(C)C)[C@@H]1C(=O)C[C@H](CC)C(=O)N(C)CC(=O)N(C)[C@@H](CC(C)C)C(=O)C[C@H](C(C)C)C(=O)N(C)[C@H](CC(C)C)C(=O)C[C@H](C)C(=O)C[C@@H](C)C(=O)N(C)[C@H](CC(C)C)C(=O)N(C)[C@H](CC(C)C)C(=O)N(C)[C@H](C(C)C)C(=O)N1C. The van der Waals surface area contributed by atoms with Gasteiger partial charge in [-0.3, -0.25) is 71.9 Å². The van der Waals surface area contributed by atoms with E-state index < -0.39 is 252 Å². The number of amides is 8. The van der Waals surface area contributed by atoms with E-state index in [1.54, 1.807) is 101 Å². The van der Waals surface area contributed by atoms with Gasteiger partial charge < -0.3 is 68.8 Å². The number of hydrogen-bond donors (Lipinski definition) is 3. The molecule has 726 valence electrons. The number of hydrogen-bond acceptors (Lipinski definition) is 23. The van der Waals surface area contributed by atoms with E-state index in [2.05, 4.69) is 5.32 Å². The van der Waals surface area contributed by atoms with Crippen molar-refractivity contribution in [1.29, 1.82) is 0 Å². The van der Waals surface area contributed by atoms with E-state index in [1.165, 1.54) is 79.9 Å². The van der Waals surface area contributed by atoms with Gasteiger partial charge >= 0.3 is 18.1 Å². The molecule has 4 aliphatic carbocycles. The van der Waals surface area contributed by atoms with Gasteiger partial charge in [0.25, 0.3) is 0 Å². The lowest BCUT2D eigenvalue weighted by atomic mass is 9.46. The van der Waals surface area contributed by atoms with Crippen LogP contribution in [0.3, 0.4) is 0 Å². The smallest absolute Gasteiger partial charge is 0.456 e. The summed E-state index contributed by atoms with van der Waals surface area (Å²) in [4.78, 5) is 256. The van der Waals surface area contributed by atoms with Crippen molar-refractivity contribution in [2.45, 2.75) is 315 Å². The summed E-state index contributed by atoms with van der Waals surface area (Å²) in [5.41, 5.74) is -2.68. The second kappa shape index (κ2) is 48.0. The number of rotatable bonds is 27. The molecule has 5 rings (SSSR count). The van der Waals surface area contributed by atoms with Crippen LogP contribution < -0.4 is 5.32 Å². The van der Waals surface area contributed by atoms with Crippen molar-refractivity contribution in [3.8, 4) is 0 Å². The summed E-state index contributed by atoms with van der Waals surface area (Å²) in [6.07, 6.45) is 4.10. The molecule has 0 aromatic carbocycles. The molecule has 0 radical (unpaired) electrons. The Morgan fingerprint density at radius 2 is 1.11 bits per heavy atom. The molecule has 20 atom stereocenters. The first-order valence-corrected chi connectivity index (χ1v) is 46.8. The van der Waals surface area contributed by atoms with Crippen LogP contribution >= 0.6 is 0 Å². The van der Waals surface area contributed by atoms with Gasteiger partial charge in [-0.25, -0.2) is 9.59 Å². The van der Waals surface area contributed by atoms with Crippen LogP contribution in [0.1, 0.15) is 255 Å². The molecule has 8 amide bonds. The quantitative estimate of drug-likeness (QED) is 0.0298. The molecule has 1 aliphatic heterocycles. The van der Waals surface area contributed by atoms with E-state index in [-0.39, 0.29) is 118 Å². The van der Waals surface area contributed by atoms with Crippen molar-refractivity contribution in [2.75, 3.05) is 69.3 Å². The molecular weight excluding hydrogens is 1660 g/mol. The van der Waals surface area contributed by atoms with Crippen LogP contribution in [0.25, 0.3) is 0 Å². The second-order valence-electron chi connectivity index (χ2n) is 40.9. The molecule has 0 aromatic heterocycles. The highest BCUT2D eigenvalue weighted by molar-refractivity contribution is 6.02. The maximum absolute atomic E-state index is 16.0. The van der Waals surface area contributed by atoms with Crippen molar-refractivity contribution < 1.29 is 111 Å². The van der Waals surface area contributed by atoms with E-state index >= 15 is 24.0 Å². The second-order valence-corrected chi connectivity index (χ2v) is 40.9. The molecule has 129 heavy (non-hydrogen) atoms. The predicted octanol–water partition coefficient (Wildman–Crippen LogP) is 10.3. The summed E-state index contributed by atoms with van der Waals surface area (Å²) in [6.45, 7) is 34.4. The molecule has 3 saturated carbocycles. The Morgan fingerprint density at radius 1 is 0.581 bits per heavy atom. The molecule has 3 N–H and O–H groups in total. The minimum atomic E-state index is -1.97. The van der Waals surface area contributed by atoms with E-state index in [1.807, 2.05) is 68.4 Å². The first-order valence-electron chi connectivity index (χ1n) is 46.8. The average Bonchev–Trinajstić information content (AvgIpc) is 1.58. The lowest BCUT2D eigenvalue weighted by Gasteiger charge is -2.59. The largest absolute Gasteiger partial charge is 0.511 e. The van der Waals surface area contributed by atoms with Gasteiger partial charge in [0, 0.05) is 122 Å². The van der Waals surface area contributed by atoms with Crippen LogP contribution in [0.15, 0.2) is 36.0 Å². The van der Waals surface area contributed by atoms with Gasteiger partial charge in [-0.1, -0.05) is 162 Å². The minimum Gasteiger partial charge on any atom is -0.456 e. The number of fused-ring (bicyclic) bond motifs is 5. The van der Waals surface area contributed by atoms with Crippen LogP contribution in [0, 0.1) is 99.6 Å². The number of aliphatic hydroxyl groups excluding tert-OH is 1. The van der Waals surface area contributed by atoms with Crippen molar-refractivity contribution in [3.05, 3.63) is 36.0 Å². The Hall–Kier alpha value is -8.87. The van der Waals surface area contributed by atoms with E-state index in [0.29, 0.717) is 19.3 Å². The van der Waals surface area contributed by atoms with Crippen LogP contribution in [0.4, 0.5) is 4.79 Å². The van der Waals surface area contributed by atoms with Crippen molar-refractivity contribution in [1.82, 2.24) is 39.6 Å². The molecule has 1 saturated heterocycles. The molecule has 31 heteroatoms. The van der Waals surface area contributed by atoms with E-state index in [4.69, 9.17) is 18.9 Å². The molecule has 5 aliphatic rings. The fourth-order valence-electron chi connectivity index (χ4n) is 20.4. The Kier molecular flexibility index (Phi) is 41.2. The Morgan fingerprint density at radius 3 is 1.65 bits per heavy atom. The third-order valence-corrected chi connectivity index (χ3v) is 28.2. The average molecular weight is 1810 g/mol. The Labute approximate surface area is 766 Å². The lowest BCUT2D eigenvalue weighted by molar-refractivity contribution is -0.181. The highest BCUT2D eigenvalue weighted by Gasteiger charge is 2.68. The summed E-state index contributed by atoms with van der Waals surface area (Å²) in [6, 6.07) is -9.18. The monoisotopic (exact) mass is 1810 g/mol. The summed E-state index contributed by atoms with van der Waals surface area (Å²) < 4.78 is 22.3. The molecule has 4 unspecified atom stereocenters. The molecule has 4 fully saturated rings. The Balaban J connectivity index is 1.49. The molecule has 0 spiro atoms. The van der Waals surface area contributed by atoms with Gasteiger partial charge in [0.2, 0.25) is 59.8 Å². The van der Waals surface area contributed by atoms with E-state index in [0.717, 1.165) is 15.4 Å². The Bertz CT molecular complexity index is 4130. The van der Waals surface area contributed by atoms with Crippen molar-refractivity contribution in [3.63, 3.8) is 0 Å². The molecule has 31 nitrogen and oxygen atoms in total. The number of nitrogens with one attached hydrogen (secondary N) is 1. The zero-order valence-electron chi connectivity index (χ0n) is 82.5. The molecule has 1 heterocycles. The molecule has 0 aromatic rings. The first-order chi connectivity index (χ1) is 59.9. The van der Waals surface area contributed by atoms with Gasteiger partial charge in [-0.05, 0) is 149 Å². The van der Waals surface area contributed by atoms with Gasteiger partial charge in [-0.2, -0.15) is 0 Å². The standard InChI is InChI=1S/C98H156N8O23/c1-29-31-32-61(17)87(129-95(124)128-53-127-82(116)36-35-80(114)99-84(59(13)14)94(123)126-52-79(113)98(125)40-38-69-67-34-33-65-48-66(107)37-39-96(65,20)83(67)78(112)50-97(69,98)21)86-77(111)47-64(30-2)89(118)100(22)51-81(115)101(23)70(41-54(3)4)76(110)49-68(58(11)12)90(119)102(24)71(42-55(5)6)75(109)45-62(18)74(108)46-63(19)88(117)103(25)72(43-56(7)8)91(120)104(26)73(44-57(9)10)92(121)105(27)85(60(15)16)93(122)106(86)28/h29,31,37,39,48,54-64,67-73,78,83-87,112,125H,30,32-36,38,40-47,49-53H2,1-28H3,(H,99,114)/b31-29+/t61-,62+,63-,64+,67?,68-,69?,70+,71-,72-,73-,78+,83?,84?,85-,86+,87-,96+,97+,98+/m1/s1. The first kappa shape index (κ1) is 111. The summed E-state index contributed by atoms with van der Waals surface area (Å²) in [7, 11) is 9.84. The third-order valence-electron chi connectivity index (χ3n) is 28.2. The highest BCUT2D eigenvalue weighted by Crippen LogP contribution is 2.67. The highest BCUT2D eigenvalue weighted by atomic mass is 16.8. The summed E-state index contributed by atoms with van der Waals surface area (Å²) in [5, 5.41) is 26.8. The summed E-state index contributed by atoms with van der Waals surface area (Å²) >= 11 is 0. The van der Waals surface area contributed by atoms with Crippen LogP contribution in [-0.2, 0) is 95.7 Å². The zero-order valence-corrected chi connectivity index (χ0v) is 82.5. The lowest BCUT2D eigenvalue weighted by Crippen LogP contribution is -2.62. The normalized spacial score (nSPS) is 29.9. The fourth-order valence-corrected chi connectivity index (χ4v) is 20.4. The van der Waals surface area contributed by atoms with E-state index in [9.17, 15) is 67.7 Å². The van der Waals surface area contributed by atoms with Crippen LogP contribution in [0.2, 0.25) is 0 Å². The number of ether oxygens (including phenoxy) is 4. The van der Waals surface area contributed by atoms with Crippen molar-refractivity contribution in [2.24, 2.45) is 99.6 Å². The van der Waals surface area contributed by atoms with Gasteiger partial charge in [0.1, 0.15) is 47.7 Å². The van der Waals surface area contributed by atoms with Gasteiger partial charge in [0.15, 0.2) is 29.7 Å². The summed E-state index contributed by atoms with van der Waals surface area (Å²) in [5.74, 6) is -18.5. The number of nitrogens with zero attached hydrogens (tertiary/aromatic N) is 7. The number of carbonyl (C=O) groups excluding carboxylic acids is 17. The zero-order chi connectivity index (χ0) is 98.0. The topological polar surface area (TPSA) is 402 Å². The van der Waals surface area contributed by atoms with Gasteiger partial charge in [0.05, 0.1) is 31.2 Å². The van der Waals surface area contributed by atoms with Crippen LogP contribution in [-0.4, -0.2) is 274 Å². The number of Topliss-reactive ketones (excluding diaryl/α,β-unsaturated/α-hetero) is 5. The number of esters is 2. The maximum Gasteiger partial charge on any atom is 0.511 e. The number of carbonyl (C=O) groups is 17. The predicted molar refractivity (Wildman–Crippen MR) is 484 cm³/mol. The minimum absolute atomic E-state index is 0.0265.